The monoisotopic (exact) mass is 391 g/mol. The van der Waals surface area contributed by atoms with Crippen LogP contribution in [0.2, 0.25) is 0 Å². The lowest BCUT2D eigenvalue weighted by Gasteiger charge is -2.24. The van der Waals surface area contributed by atoms with Crippen LogP contribution in [0.15, 0.2) is 24.3 Å². The summed E-state index contributed by atoms with van der Waals surface area (Å²) < 4.78 is 0. The summed E-state index contributed by atoms with van der Waals surface area (Å²) in [7, 11) is 0. The number of phenolic OH excluding ortho intramolecular Hbond substituents is 1. The first-order valence-corrected chi connectivity index (χ1v) is 9.71. The lowest BCUT2D eigenvalue weighted by atomic mass is 10.00. The lowest BCUT2D eigenvalue weighted by Crippen LogP contribution is -2.54. The van der Waals surface area contributed by atoms with E-state index in [4.69, 9.17) is 5.73 Å². The largest absolute Gasteiger partial charge is 0.508 e. The minimum absolute atomic E-state index is 0.132. The maximum atomic E-state index is 12.7. The summed E-state index contributed by atoms with van der Waals surface area (Å²) in [6.07, 6.45) is 1.94. The molecule has 0 aliphatic carbocycles. The predicted molar refractivity (Wildman–Crippen MR) is 109 cm³/mol. The quantitative estimate of drug-likeness (QED) is 0.426. The van der Waals surface area contributed by atoms with Crippen LogP contribution in [-0.4, -0.2) is 41.3 Å². The molecule has 7 nitrogen and oxygen atoms in total. The van der Waals surface area contributed by atoms with Gasteiger partial charge in [0.1, 0.15) is 18.1 Å². The SMILES string of the molecule is CC(C)C[C@H](NC(=O)[C@@H](N)CC(C)C)C(=O)N[C@H](C=O)Cc1ccc(O)cc1. The summed E-state index contributed by atoms with van der Waals surface area (Å²) in [5.41, 5.74) is 6.72. The number of aldehydes is 1. The van der Waals surface area contributed by atoms with Crippen LogP contribution in [0.1, 0.15) is 46.1 Å². The average Bonchev–Trinajstić information content (AvgIpc) is 2.61. The van der Waals surface area contributed by atoms with Crippen LogP contribution in [0, 0.1) is 11.8 Å². The van der Waals surface area contributed by atoms with Crippen molar-refractivity contribution in [1.82, 2.24) is 10.6 Å². The maximum absolute atomic E-state index is 12.7. The van der Waals surface area contributed by atoms with Gasteiger partial charge in [0.25, 0.3) is 0 Å². The zero-order valence-corrected chi connectivity index (χ0v) is 17.1. The van der Waals surface area contributed by atoms with Gasteiger partial charge in [0, 0.05) is 0 Å². The first-order valence-electron chi connectivity index (χ1n) is 9.71. The minimum Gasteiger partial charge on any atom is -0.508 e. The molecule has 0 aliphatic rings. The zero-order valence-electron chi connectivity index (χ0n) is 17.1. The van der Waals surface area contributed by atoms with E-state index in [-0.39, 0.29) is 23.5 Å². The molecular formula is C21H33N3O4. The third kappa shape index (κ3) is 8.52. The van der Waals surface area contributed by atoms with Crippen molar-refractivity contribution in [3.05, 3.63) is 29.8 Å². The number of amides is 2. The molecule has 1 rings (SSSR count). The van der Waals surface area contributed by atoms with Gasteiger partial charge in [0.05, 0.1) is 12.1 Å². The van der Waals surface area contributed by atoms with Crippen molar-refractivity contribution < 1.29 is 19.5 Å². The summed E-state index contributed by atoms with van der Waals surface area (Å²) >= 11 is 0. The molecule has 156 valence electrons. The number of hydrogen-bond donors (Lipinski definition) is 4. The van der Waals surface area contributed by atoms with E-state index in [2.05, 4.69) is 10.6 Å². The standard InChI is InChI=1S/C21H33N3O4/c1-13(2)9-18(22)20(27)24-19(10-14(3)4)21(28)23-16(12-25)11-15-5-7-17(26)8-6-15/h5-8,12-14,16,18-19,26H,9-11,22H2,1-4H3,(H,23,28)(H,24,27)/t16-,18-,19-/m0/s1. The van der Waals surface area contributed by atoms with E-state index in [1.54, 1.807) is 12.1 Å². The van der Waals surface area contributed by atoms with Crippen molar-refractivity contribution in [2.24, 2.45) is 17.6 Å². The molecule has 0 bridgehead atoms. The molecule has 1 aromatic rings. The summed E-state index contributed by atoms with van der Waals surface area (Å²) in [6.45, 7) is 7.86. The van der Waals surface area contributed by atoms with Crippen molar-refractivity contribution in [2.45, 2.75) is 65.1 Å². The second kappa shape index (κ2) is 11.4. The van der Waals surface area contributed by atoms with E-state index in [1.807, 2.05) is 27.7 Å². The first kappa shape index (κ1) is 23.6. The number of hydrogen-bond acceptors (Lipinski definition) is 5. The molecule has 7 heteroatoms. The zero-order chi connectivity index (χ0) is 21.3. The Kier molecular flexibility index (Phi) is 9.65. The average molecular weight is 392 g/mol. The Labute approximate surface area is 167 Å². The molecule has 0 aliphatic heterocycles. The highest BCUT2D eigenvalue weighted by molar-refractivity contribution is 5.90. The van der Waals surface area contributed by atoms with Gasteiger partial charge in [-0.2, -0.15) is 0 Å². The van der Waals surface area contributed by atoms with Crippen LogP contribution in [0.5, 0.6) is 5.75 Å². The molecule has 0 saturated heterocycles. The molecule has 0 unspecified atom stereocenters. The third-order valence-corrected chi connectivity index (χ3v) is 4.29. The molecule has 1 aromatic carbocycles. The molecule has 0 aromatic heterocycles. The van der Waals surface area contributed by atoms with E-state index < -0.39 is 24.0 Å². The minimum atomic E-state index is -0.756. The Morgan fingerprint density at radius 3 is 2.07 bits per heavy atom. The van der Waals surface area contributed by atoms with E-state index in [9.17, 15) is 19.5 Å². The number of carbonyl (C=O) groups excluding carboxylic acids is 3. The van der Waals surface area contributed by atoms with Crippen molar-refractivity contribution in [2.75, 3.05) is 0 Å². The van der Waals surface area contributed by atoms with Crippen molar-refractivity contribution in [3.63, 3.8) is 0 Å². The summed E-state index contributed by atoms with van der Waals surface area (Å²) in [5, 5.41) is 14.8. The Morgan fingerprint density at radius 2 is 1.57 bits per heavy atom. The molecule has 28 heavy (non-hydrogen) atoms. The molecule has 3 atom stereocenters. The van der Waals surface area contributed by atoms with Crippen molar-refractivity contribution in [1.29, 1.82) is 0 Å². The maximum Gasteiger partial charge on any atom is 0.243 e. The normalized spacial score (nSPS) is 14.4. The van der Waals surface area contributed by atoms with Gasteiger partial charge in [-0.1, -0.05) is 39.8 Å². The van der Waals surface area contributed by atoms with Gasteiger partial charge in [0.15, 0.2) is 0 Å². The second-order valence-corrected chi connectivity index (χ2v) is 8.05. The fourth-order valence-corrected chi connectivity index (χ4v) is 2.90. The second-order valence-electron chi connectivity index (χ2n) is 8.05. The Bertz CT molecular complexity index is 644. The van der Waals surface area contributed by atoms with Crippen LogP contribution in [-0.2, 0) is 20.8 Å². The van der Waals surface area contributed by atoms with Gasteiger partial charge >= 0.3 is 0 Å². The van der Waals surface area contributed by atoms with Gasteiger partial charge in [-0.3, -0.25) is 9.59 Å². The fraction of sp³-hybridized carbons (Fsp3) is 0.571. The van der Waals surface area contributed by atoms with Crippen LogP contribution in [0.25, 0.3) is 0 Å². The molecule has 5 N–H and O–H groups in total. The lowest BCUT2D eigenvalue weighted by molar-refractivity contribution is -0.131. The van der Waals surface area contributed by atoms with Crippen LogP contribution in [0.4, 0.5) is 0 Å². The highest BCUT2D eigenvalue weighted by Crippen LogP contribution is 2.12. The van der Waals surface area contributed by atoms with Crippen LogP contribution < -0.4 is 16.4 Å². The summed E-state index contributed by atoms with van der Waals surface area (Å²) in [6, 6.07) is 4.27. The van der Waals surface area contributed by atoms with Crippen molar-refractivity contribution >= 4 is 18.1 Å². The molecular weight excluding hydrogens is 358 g/mol. The van der Waals surface area contributed by atoms with Gasteiger partial charge in [0.2, 0.25) is 11.8 Å². The number of aromatic hydroxyl groups is 1. The first-order chi connectivity index (χ1) is 13.1. The predicted octanol–water partition coefficient (Wildman–Crippen LogP) is 1.52. The van der Waals surface area contributed by atoms with E-state index in [0.717, 1.165) is 5.56 Å². The van der Waals surface area contributed by atoms with Crippen LogP contribution in [0.3, 0.4) is 0 Å². The molecule has 0 fully saturated rings. The van der Waals surface area contributed by atoms with Gasteiger partial charge < -0.3 is 26.3 Å². The van der Waals surface area contributed by atoms with E-state index in [0.29, 0.717) is 25.5 Å². The van der Waals surface area contributed by atoms with E-state index in [1.165, 1.54) is 12.1 Å². The molecule has 0 saturated carbocycles. The number of benzene rings is 1. The molecule has 2 amide bonds. The number of nitrogens with two attached hydrogens (primary N) is 1. The number of phenols is 1. The Morgan fingerprint density at radius 1 is 1.00 bits per heavy atom. The Balaban J connectivity index is 2.77. The molecule has 0 spiro atoms. The number of carbonyl (C=O) groups is 3. The number of rotatable bonds is 11. The fourth-order valence-electron chi connectivity index (χ4n) is 2.90. The van der Waals surface area contributed by atoms with Crippen molar-refractivity contribution in [3.8, 4) is 5.75 Å². The summed E-state index contributed by atoms with van der Waals surface area (Å²) in [4.78, 5) is 36.5. The van der Waals surface area contributed by atoms with Gasteiger partial charge in [-0.25, -0.2) is 0 Å². The number of nitrogens with one attached hydrogen (secondary N) is 2. The van der Waals surface area contributed by atoms with Crippen LogP contribution >= 0.6 is 0 Å². The molecule has 0 radical (unpaired) electrons. The van der Waals surface area contributed by atoms with E-state index >= 15 is 0 Å². The van der Waals surface area contributed by atoms with Gasteiger partial charge in [-0.15, -0.1) is 0 Å². The molecule has 0 heterocycles. The highest BCUT2D eigenvalue weighted by atomic mass is 16.3. The van der Waals surface area contributed by atoms with Gasteiger partial charge in [-0.05, 0) is 48.8 Å². The topological polar surface area (TPSA) is 122 Å². The Hall–Kier alpha value is -2.41. The summed E-state index contributed by atoms with van der Waals surface area (Å²) in [5.74, 6) is -0.203. The highest BCUT2D eigenvalue weighted by Gasteiger charge is 2.26. The third-order valence-electron chi connectivity index (χ3n) is 4.29. The smallest absolute Gasteiger partial charge is 0.243 e.